The Kier molecular flexibility index (Phi) is 5.25. The summed E-state index contributed by atoms with van der Waals surface area (Å²) in [5.74, 6) is -0.127. The van der Waals surface area contributed by atoms with Gasteiger partial charge in [0.2, 0.25) is 5.91 Å². The second kappa shape index (κ2) is 8.92. The first-order chi connectivity index (χ1) is 18.6. The summed E-state index contributed by atoms with van der Waals surface area (Å²) < 4.78 is 13.9. The largest absolute Gasteiger partial charge is 0.353 e. The maximum atomic E-state index is 13.9. The van der Waals surface area contributed by atoms with Crippen LogP contribution in [0.1, 0.15) is 19.3 Å². The number of hydrogen-bond donors (Lipinski definition) is 3. The molecule has 0 aliphatic heterocycles. The fourth-order valence-electron chi connectivity index (χ4n) is 5.00. The lowest BCUT2D eigenvalue weighted by Gasteiger charge is -2.24. The second-order valence-electron chi connectivity index (χ2n) is 9.70. The number of aromatic nitrogens is 5. The number of carbonyl (C=O) groups excluding carboxylic acids is 1. The molecule has 1 aliphatic carbocycles. The predicted octanol–water partition coefficient (Wildman–Crippen LogP) is 6.71. The molecular weight excluding hydrogens is 479 g/mol. The number of anilines is 1. The summed E-state index contributed by atoms with van der Waals surface area (Å²) in [5.41, 5.74) is 7.86. The number of H-pyrrole nitrogens is 2. The monoisotopic (exact) mass is 502 g/mol. The molecule has 7 nitrogen and oxygen atoms in total. The molecule has 0 saturated heterocycles. The van der Waals surface area contributed by atoms with Crippen molar-refractivity contribution in [1.82, 2.24) is 25.1 Å². The number of nitrogens with zero attached hydrogens (tertiary/aromatic N) is 3. The van der Waals surface area contributed by atoms with Crippen molar-refractivity contribution in [2.24, 2.45) is 5.92 Å². The molecule has 8 heteroatoms. The van der Waals surface area contributed by atoms with Crippen LogP contribution in [0, 0.1) is 11.7 Å². The number of nitrogens with one attached hydrogen (secondary N) is 3. The third kappa shape index (κ3) is 3.91. The standard InChI is InChI=1S/C30H23FN6O/c31-20-7-2-6-18(12-20)22-8-3-9-25-23(22)14-27(34-25)29-28-26(36-37-29)11-10-24(35-28)19-13-21(16-32-15-19)33-30(38)17-4-1-5-17/h2-3,6-17,34H,1,4-5H2,(H,33,38)(H,36,37). The van der Waals surface area contributed by atoms with Crippen LogP contribution in [0.25, 0.3) is 55.7 Å². The van der Waals surface area contributed by atoms with Crippen LogP contribution < -0.4 is 5.32 Å². The molecule has 1 fully saturated rings. The van der Waals surface area contributed by atoms with Crippen molar-refractivity contribution in [3.63, 3.8) is 0 Å². The van der Waals surface area contributed by atoms with Gasteiger partial charge in [0.15, 0.2) is 0 Å². The molecule has 0 spiro atoms. The van der Waals surface area contributed by atoms with Crippen molar-refractivity contribution in [3.8, 4) is 33.8 Å². The van der Waals surface area contributed by atoms with Crippen molar-refractivity contribution in [2.75, 3.05) is 5.32 Å². The highest BCUT2D eigenvalue weighted by atomic mass is 19.1. The molecule has 0 unspecified atom stereocenters. The molecule has 4 heterocycles. The second-order valence-corrected chi connectivity index (χ2v) is 9.70. The maximum Gasteiger partial charge on any atom is 0.227 e. The number of halogens is 1. The molecule has 4 aromatic heterocycles. The van der Waals surface area contributed by atoms with Gasteiger partial charge in [-0.2, -0.15) is 5.10 Å². The molecular formula is C30H23FN6O. The Morgan fingerprint density at radius 3 is 2.68 bits per heavy atom. The average Bonchev–Trinajstić information content (AvgIpc) is 3.51. The van der Waals surface area contributed by atoms with Crippen LogP contribution in [0.4, 0.5) is 10.1 Å². The Bertz CT molecular complexity index is 1830. The van der Waals surface area contributed by atoms with Gasteiger partial charge < -0.3 is 10.3 Å². The lowest BCUT2D eigenvalue weighted by atomic mass is 9.85. The summed E-state index contributed by atoms with van der Waals surface area (Å²) in [5, 5.41) is 11.6. The van der Waals surface area contributed by atoms with Crippen LogP contribution in [0.15, 0.2) is 79.1 Å². The van der Waals surface area contributed by atoms with E-state index in [1.807, 2.05) is 48.5 Å². The Morgan fingerprint density at radius 2 is 1.84 bits per heavy atom. The minimum Gasteiger partial charge on any atom is -0.353 e. The number of hydrogen-bond acceptors (Lipinski definition) is 4. The van der Waals surface area contributed by atoms with E-state index in [1.165, 1.54) is 12.1 Å². The molecule has 6 aromatic rings. The van der Waals surface area contributed by atoms with E-state index in [2.05, 4.69) is 25.5 Å². The summed E-state index contributed by atoms with van der Waals surface area (Å²) in [7, 11) is 0. The van der Waals surface area contributed by atoms with Crippen LogP contribution in [0.3, 0.4) is 0 Å². The highest BCUT2D eigenvalue weighted by molar-refractivity contribution is 6.00. The zero-order valence-corrected chi connectivity index (χ0v) is 20.3. The molecule has 1 amide bonds. The highest BCUT2D eigenvalue weighted by Crippen LogP contribution is 2.34. The normalized spacial score (nSPS) is 13.6. The van der Waals surface area contributed by atoms with Gasteiger partial charge in [0.05, 0.1) is 28.8 Å². The summed E-state index contributed by atoms with van der Waals surface area (Å²) in [6.07, 6.45) is 6.38. The van der Waals surface area contributed by atoms with E-state index in [1.54, 1.807) is 18.5 Å². The van der Waals surface area contributed by atoms with Gasteiger partial charge >= 0.3 is 0 Å². The van der Waals surface area contributed by atoms with Crippen molar-refractivity contribution < 1.29 is 9.18 Å². The summed E-state index contributed by atoms with van der Waals surface area (Å²) in [6.45, 7) is 0. The van der Waals surface area contributed by atoms with Gasteiger partial charge in [0, 0.05) is 28.6 Å². The van der Waals surface area contributed by atoms with Gasteiger partial charge in [-0.1, -0.05) is 30.7 Å². The number of carbonyl (C=O) groups is 1. The summed E-state index contributed by atoms with van der Waals surface area (Å²) in [4.78, 5) is 25.1. The van der Waals surface area contributed by atoms with E-state index < -0.39 is 0 Å². The molecule has 7 rings (SSSR count). The number of amides is 1. The van der Waals surface area contributed by atoms with Gasteiger partial charge in [-0.15, -0.1) is 0 Å². The lowest BCUT2D eigenvalue weighted by molar-refractivity contribution is -0.122. The first-order valence-corrected chi connectivity index (χ1v) is 12.6. The third-order valence-corrected chi connectivity index (χ3v) is 7.24. The van der Waals surface area contributed by atoms with Crippen LogP contribution in [0.2, 0.25) is 0 Å². The molecule has 0 bridgehead atoms. The number of rotatable bonds is 5. The number of fused-ring (bicyclic) bond motifs is 2. The van der Waals surface area contributed by atoms with E-state index in [4.69, 9.17) is 4.98 Å². The van der Waals surface area contributed by atoms with Crippen LogP contribution >= 0.6 is 0 Å². The smallest absolute Gasteiger partial charge is 0.227 e. The van der Waals surface area contributed by atoms with E-state index in [9.17, 15) is 9.18 Å². The van der Waals surface area contributed by atoms with Gasteiger partial charge in [-0.25, -0.2) is 9.37 Å². The Morgan fingerprint density at radius 1 is 0.947 bits per heavy atom. The Labute approximate surface area is 217 Å². The maximum absolute atomic E-state index is 13.9. The zero-order valence-electron chi connectivity index (χ0n) is 20.3. The number of benzene rings is 2. The highest BCUT2D eigenvalue weighted by Gasteiger charge is 2.25. The molecule has 3 N–H and O–H groups in total. The zero-order chi connectivity index (χ0) is 25.6. The Balaban J connectivity index is 1.26. The van der Waals surface area contributed by atoms with Crippen LogP contribution in [-0.4, -0.2) is 31.1 Å². The fourth-order valence-corrected chi connectivity index (χ4v) is 5.00. The summed E-state index contributed by atoms with van der Waals surface area (Å²) >= 11 is 0. The summed E-state index contributed by atoms with van der Waals surface area (Å²) in [6, 6.07) is 20.3. The van der Waals surface area contributed by atoms with Crippen molar-refractivity contribution in [3.05, 3.63) is 84.9 Å². The number of pyridine rings is 2. The molecule has 38 heavy (non-hydrogen) atoms. The third-order valence-electron chi connectivity index (χ3n) is 7.24. The van der Waals surface area contributed by atoms with Gasteiger partial charge in [0.1, 0.15) is 17.0 Å². The molecule has 1 saturated carbocycles. The molecule has 2 aromatic carbocycles. The van der Waals surface area contributed by atoms with Crippen LogP contribution in [0.5, 0.6) is 0 Å². The first-order valence-electron chi connectivity index (χ1n) is 12.6. The van der Waals surface area contributed by atoms with E-state index in [-0.39, 0.29) is 17.6 Å². The molecule has 0 atom stereocenters. The van der Waals surface area contributed by atoms with Gasteiger partial charge in [-0.3, -0.25) is 14.9 Å². The fraction of sp³-hybridized carbons (Fsp3) is 0.133. The van der Waals surface area contributed by atoms with E-state index in [0.29, 0.717) is 16.9 Å². The quantitative estimate of drug-likeness (QED) is 0.244. The molecule has 1 aliphatic rings. The van der Waals surface area contributed by atoms with Crippen LogP contribution in [-0.2, 0) is 4.79 Å². The SMILES string of the molecule is O=C(Nc1cncc(-c2ccc3[nH]nc(-c4cc5c(-c6cccc(F)c6)cccc5[nH]4)c3n2)c1)C1CCC1. The Hall–Kier alpha value is -4.85. The first kappa shape index (κ1) is 22.4. The van der Waals surface area contributed by atoms with Gasteiger partial charge in [-0.05, 0) is 66.4 Å². The van der Waals surface area contributed by atoms with E-state index >= 15 is 0 Å². The molecule has 0 radical (unpaired) electrons. The van der Waals surface area contributed by atoms with Gasteiger partial charge in [0.25, 0.3) is 0 Å². The lowest BCUT2D eigenvalue weighted by Crippen LogP contribution is -2.28. The predicted molar refractivity (Wildman–Crippen MR) is 146 cm³/mol. The van der Waals surface area contributed by atoms with Crippen molar-refractivity contribution in [2.45, 2.75) is 19.3 Å². The van der Waals surface area contributed by atoms with Crippen molar-refractivity contribution >= 4 is 33.5 Å². The molecule has 186 valence electrons. The minimum absolute atomic E-state index is 0.0483. The van der Waals surface area contributed by atoms with Crippen molar-refractivity contribution in [1.29, 1.82) is 0 Å². The number of aromatic amines is 2. The minimum atomic E-state index is -0.272. The van der Waals surface area contributed by atoms with E-state index in [0.717, 1.165) is 63.8 Å². The topological polar surface area (TPSA) is 99.4 Å². The average molecular weight is 503 g/mol.